The highest BCUT2D eigenvalue weighted by Crippen LogP contribution is 2.33. The van der Waals surface area contributed by atoms with Gasteiger partial charge in [-0.3, -0.25) is 4.79 Å². The molecule has 1 amide bonds. The van der Waals surface area contributed by atoms with E-state index in [4.69, 9.17) is 0 Å². The summed E-state index contributed by atoms with van der Waals surface area (Å²) in [4.78, 5) is 17.8. The van der Waals surface area contributed by atoms with Gasteiger partial charge in [-0.15, -0.1) is 0 Å². The fourth-order valence-electron chi connectivity index (χ4n) is 3.61. The highest BCUT2D eigenvalue weighted by molar-refractivity contribution is 5.78. The topological polar surface area (TPSA) is 45.2 Å². The molecule has 0 radical (unpaired) electrons. The third kappa shape index (κ3) is 6.35. The van der Waals surface area contributed by atoms with Crippen molar-refractivity contribution in [1.82, 2.24) is 10.3 Å². The van der Waals surface area contributed by atoms with E-state index >= 15 is 0 Å². The Morgan fingerprint density at radius 3 is 2.33 bits per heavy atom. The summed E-state index contributed by atoms with van der Waals surface area (Å²) < 4.78 is 91.5. The second-order valence-electron chi connectivity index (χ2n) is 8.11. The van der Waals surface area contributed by atoms with E-state index in [0.29, 0.717) is 36.7 Å². The van der Waals surface area contributed by atoms with E-state index in [1.54, 1.807) is 4.90 Å². The predicted octanol–water partition coefficient (Wildman–Crippen LogP) is 5.35. The van der Waals surface area contributed by atoms with Crippen LogP contribution >= 0.6 is 0 Å². The molecule has 1 N–H and O–H groups in total. The summed E-state index contributed by atoms with van der Waals surface area (Å²) >= 11 is 0. The average molecular weight is 477 g/mol. The summed E-state index contributed by atoms with van der Waals surface area (Å²) in [7, 11) is 0. The largest absolute Gasteiger partial charge is 0.433 e. The zero-order chi connectivity index (χ0) is 24.4. The number of nitrogens with zero attached hydrogens (tertiary/aromatic N) is 2. The molecule has 0 atom stereocenters. The van der Waals surface area contributed by atoms with Gasteiger partial charge in [0.1, 0.15) is 17.3 Å². The Morgan fingerprint density at radius 2 is 1.73 bits per heavy atom. The summed E-state index contributed by atoms with van der Waals surface area (Å²) in [5.41, 5.74) is -2.20. The number of rotatable bonds is 5. The summed E-state index contributed by atoms with van der Waals surface area (Å²) in [6.45, 7) is 2.94. The van der Waals surface area contributed by atoms with Gasteiger partial charge < -0.3 is 10.2 Å². The molecule has 2 aromatic rings. The second kappa shape index (κ2) is 9.56. The molecule has 4 nitrogen and oxygen atoms in total. The van der Waals surface area contributed by atoms with Gasteiger partial charge in [0, 0.05) is 25.2 Å². The zero-order valence-electron chi connectivity index (χ0n) is 17.7. The number of hydrogen-bond donors (Lipinski definition) is 1. The second-order valence-corrected chi connectivity index (χ2v) is 8.11. The van der Waals surface area contributed by atoms with Crippen LogP contribution in [0.25, 0.3) is 0 Å². The van der Waals surface area contributed by atoms with Crippen LogP contribution in [-0.2, 0) is 30.1 Å². The number of amides is 1. The first-order valence-electron chi connectivity index (χ1n) is 10.3. The average Bonchev–Trinajstić information content (AvgIpc) is 2.72. The zero-order valence-corrected chi connectivity index (χ0v) is 17.7. The lowest BCUT2D eigenvalue weighted by Crippen LogP contribution is -2.35. The van der Waals surface area contributed by atoms with E-state index in [1.807, 2.05) is 0 Å². The summed E-state index contributed by atoms with van der Waals surface area (Å²) in [6, 6.07) is 4.34. The Balaban J connectivity index is 1.74. The van der Waals surface area contributed by atoms with E-state index in [2.05, 4.69) is 17.2 Å². The lowest BCUT2D eigenvalue weighted by molar-refractivity contribution is -0.141. The van der Waals surface area contributed by atoms with Gasteiger partial charge in [0.15, 0.2) is 0 Å². The molecule has 180 valence electrons. The normalized spacial score (nSPS) is 15.6. The number of nitrogens with one attached hydrogen (secondary N) is 1. The first-order chi connectivity index (χ1) is 15.3. The van der Waals surface area contributed by atoms with Crippen LogP contribution in [0.4, 0.5) is 36.6 Å². The number of aromatic nitrogens is 1. The summed E-state index contributed by atoms with van der Waals surface area (Å²) in [5.74, 6) is -1.54. The van der Waals surface area contributed by atoms with Crippen LogP contribution < -0.4 is 10.2 Å². The minimum atomic E-state index is -4.90. The van der Waals surface area contributed by atoms with Crippen LogP contribution in [0.1, 0.15) is 42.1 Å². The molecule has 1 aliphatic rings. The molecule has 1 aromatic carbocycles. The van der Waals surface area contributed by atoms with Gasteiger partial charge in [0.25, 0.3) is 0 Å². The molecule has 0 saturated carbocycles. The van der Waals surface area contributed by atoms with E-state index in [0.717, 1.165) is 25.0 Å². The van der Waals surface area contributed by atoms with Gasteiger partial charge in [-0.25, -0.2) is 9.37 Å². The van der Waals surface area contributed by atoms with Crippen molar-refractivity contribution in [3.05, 3.63) is 58.5 Å². The van der Waals surface area contributed by atoms with E-state index in [1.165, 1.54) is 6.07 Å². The van der Waals surface area contributed by atoms with Gasteiger partial charge in [-0.05, 0) is 42.5 Å². The Labute approximate surface area is 185 Å². The van der Waals surface area contributed by atoms with Crippen molar-refractivity contribution < 1.29 is 35.5 Å². The molecule has 0 unspecified atom stereocenters. The third-order valence-electron chi connectivity index (χ3n) is 5.51. The van der Waals surface area contributed by atoms with Crippen molar-refractivity contribution in [2.45, 2.75) is 45.1 Å². The molecule has 0 spiro atoms. The van der Waals surface area contributed by atoms with Crippen molar-refractivity contribution in [3.63, 3.8) is 0 Å². The molecule has 1 saturated heterocycles. The van der Waals surface area contributed by atoms with Crippen molar-refractivity contribution in [2.75, 3.05) is 18.0 Å². The Bertz CT molecular complexity index is 996. The summed E-state index contributed by atoms with van der Waals surface area (Å²) in [6.07, 6.45) is -8.40. The lowest BCUT2D eigenvalue weighted by Gasteiger charge is -2.33. The minimum Gasteiger partial charge on any atom is -0.356 e. The SMILES string of the molecule is CC1CCN(c2nc(C(F)(F)F)ccc2CNC(=O)Cc2ccc(F)c(C(F)(F)F)c2)CC1. The van der Waals surface area contributed by atoms with Gasteiger partial charge in [0.05, 0.1) is 12.0 Å². The number of anilines is 1. The highest BCUT2D eigenvalue weighted by atomic mass is 19.4. The number of piperidine rings is 1. The van der Waals surface area contributed by atoms with Crippen LogP contribution in [0.2, 0.25) is 0 Å². The molecule has 1 aliphatic heterocycles. The number of benzene rings is 1. The predicted molar refractivity (Wildman–Crippen MR) is 107 cm³/mol. The number of carbonyl (C=O) groups excluding carboxylic acids is 1. The number of pyridine rings is 1. The van der Waals surface area contributed by atoms with E-state index in [-0.39, 0.29) is 17.9 Å². The fourth-order valence-corrected chi connectivity index (χ4v) is 3.61. The molecular weight excluding hydrogens is 455 g/mol. The minimum absolute atomic E-state index is 0.0444. The van der Waals surface area contributed by atoms with Gasteiger partial charge in [-0.2, -0.15) is 26.3 Å². The maximum atomic E-state index is 13.4. The molecule has 33 heavy (non-hydrogen) atoms. The Kier molecular flexibility index (Phi) is 7.18. The molecule has 3 rings (SSSR count). The van der Waals surface area contributed by atoms with Gasteiger partial charge in [-0.1, -0.05) is 19.1 Å². The monoisotopic (exact) mass is 477 g/mol. The number of alkyl halides is 6. The third-order valence-corrected chi connectivity index (χ3v) is 5.51. The van der Waals surface area contributed by atoms with Crippen LogP contribution in [0.5, 0.6) is 0 Å². The molecule has 0 bridgehead atoms. The Morgan fingerprint density at radius 1 is 1.06 bits per heavy atom. The van der Waals surface area contributed by atoms with E-state index in [9.17, 15) is 35.5 Å². The van der Waals surface area contributed by atoms with Crippen LogP contribution in [0, 0.1) is 11.7 Å². The van der Waals surface area contributed by atoms with Crippen LogP contribution in [0.3, 0.4) is 0 Å². The number of carbonyl (C=O) groups is 1. The first-order valence-corrected chi connectivity index (χ1v) is 10.3. The summed E-state index contributed by atoms with van der Waals surface area (Å²) in [5, 5.41) is 2.50. The maximum absolute atomic E-state index is 13.4. The maximum Gasteiger partial charge on any atom is 0.433 e. The highest BCUT2D eigenvalue weighted by Gasteiger charge is 2.35. The molecule has 1 aromatic heterocycles. The number of hydrogen-bond acceptors (Lipinski definition) is 3. The molecule has 2 heterocycles. The number of halogens is 7. The molecule has 11 heteroatoms. The Hall–Kier alpha value is -2.85. The standard InChI is InChI=1S/C22H22F7N3O/c1-13-6-8-32(9-7-13)20-15(3-5-18(31-20)22(27,28)29)12-30-19(33)11-14-2-4-17(23)16(10-14)21(24,25)26/h2-5,10,13H,6-9,11-12H2,1H3,(H,30,33). The van der Waals surface area contributed by atoms with Crippen LogP contribution in [-0.4, -0.2) is 24.0 Å². The van der Waals surface area contributed by atoms with Crippen molar-refractivity contribution in [2.24, 2.45) is 5.92 Å². The fraction of sp³-hybridized carbons (Fsp3) is 0.455. The van der Waals surface area contributed by atoms with Crippen molar-refractivity contribution in [3.8, 4) is 0 Å². The van der Waals surface area contributed by atoms with Crippen molar-refractivity contribution in [1.29, 1.82) is 0 Å². The van der Waals surface area contributed by atoms with Crippen LogP contribution in [0.15, 0.2) is 30.3 Å². The first kappa shape index (κ1) is 24.8. The smallest absolute Gasteiger partial charge is 0.356 e. The molecule has 0 aliphatic carbocycles. The molecule has 1 fully saturated rings. The quantitative estimate of drug-likeness (QED) is 0.591. The van der Waals surface area contributed by atoms with Crippen molar-refractivity contribution >= 4 is 11.7 Å². The molecular formula is C22H22F7N3O. The van der Waals surface area contributed by atoms with Gasteiger partial charge >= 0.3 is 12.4 Å². The van der Waals surface area contributed by atoms with Gasteiger partial charge in [0.2, 0.25) is 5.91 Å². The lowest BCUT2D eigenvalue weighted by atomic mass is 9.99. The van der Waals surface area contributed by atoms with E-state index < -0.39 is 41.8 Å².